The molecular formula is C12H16BrNO4S. The van der Waals surface area contributed by atoms with Gasteiger partial charge in [0.2, 0.25) is 10.0 Å². The first kappa shape index (κ1) is 16.1. The maximum absolute atomic E-state index is 12.0. The van der Waals surface area contributed by atoms with Gasteiger partial charge >= 0.3 is 5.97 Å². The van der Waals surface area contributed by atoms with Gasteiger partial charge in [-0.2, -0.15) is 0 Å². The van der Waals surface area contributed by atoms with Crippen LogP contribution in [-0.2, 0) is 25.3 Å². The second-order valence-electron chi connectivity index (χ2n) is 3.92. The van der Waals surface area contributed by atoms with Gasteiger partial charge in [0, 0.05) is 5.33 Å². The van der Waals surface area contributed by atoms with Crippen LogP contribution in [0.2, 0.25) is 0 Å². The average molecular weight is 350 g/mol. The van der Waals surface area contributed by atoms with Gasteiger partial charge in [-0.15, -0.1) is 0 Å². The number of nitrogens with one attached hydrogen (secondary N) is 1. The number of carbonyl (C=O) groups is 1. The van der Waals surface area contributed by atoms with Gasteiger partial charge in [-0.05, 0) is 12.0 Å². The topological polar surface area (TPSA) is 72.5 Å². The van der Waals surface area contributed by atoms with Crippen molar-refractivity contribution < 1.29 is 17.9 Å². The van der Waals surface area contributed by atoms with Gasteiger partial charge in [0.25, 0.3) is 0 Å². The fourth-order valence-corrected chi connectivity index (χ4v) is 3.35. The van der Waals surface area contributed by atoms with Crippen LogP contribution in [0.5, 0.6) is 0 Å². The number of methoxy groups -OCH3 is 1. The fourth-order valence-electron chi connectivity index (χ4n) is 1.53. The summed E-state index contributed by atoms with van der Waals surface area (Å²) in [5.41, 5.74) is 0.664. The molecule has 1 aromatic rings. The van der Waals surface area contributed by atoms with Crippen molar-refractivity contribution in [2.45, 2.75) is 18.2 Å². The Kier molecular flexibility index (Phi) is 6.47. The summed E-state index contributed by atoms with van der Waals surface area (Å²) in [7, 11) is -2.35. The molecule has 0 saturated heterocycles. The molecule has 1 rings (SSSR count). The van der Waals surface area contributed by atoms with Gasteiger partial charge in [-0.3, -0.25) is 4.79 Å². The Morgan fingerprint density at radius 3 is 2.53 bits per heavy atom. The van der Waals surface area contributed by atoms with Crippen molar-refractivity contribution in [3.05, 3.63) is 35.9 Å². The van der Waals surface area contributed by atoms with E-state index < -0.39 is 22.0 Å². The van der Waals surface area contributed by atoms with Gasteiger partial charge in [-0.1, -0.05) is 46.3 Å². The third-order valence-electron chi connectivity index (χ3n) is 2.40. The Bertz CT molecular complexity index is 504. The highest BCUT2D eigenvalue weighted by atomic mass is 79.9. The lowest BCUT2D eigenvalue weighted by Crippen LogP contribution is -2.42. The minimum absolute atomic E-state index is 0.163. The van der Waals surface area contributed by atoms with Crippen molar-refractivity contribution >= 4 is 31.9 Å². The van der Waals surface area contributed by atoms with Gasteiger partial charge in [0.05, 0.1) is 12.9 Å². The zero-order valence-electron chi connectivity index (χ0n) is 10.5. The van der Waals surface area contributed by atoms with E-state index in [-0.39, 0.29) is 5.75 Å². The molecule has 1 N–H and O–H groups in total. The van der Waals surface area contributed by atoms with Gasteiger partial charge in [-0.25, -0.2) is 13.1 Å². The summed E-state index contributed by atoms with van der Waals surface area (Å²) in [4.78, 5) is 11.5. The number of ether oxygens (including phenoxy) is 1. The molecule has 0 aliphatic rings. The molecule has 0 bridgehead atoms. The Balaban J connectivity index is 2.74. The smallest absolute Gasteiger partial charge is 0.323 e. The van der Waals surface area contributed by atoms with Crippen LogP contribution in [0.15, 0.2) is 30.3 Å². The van der Waals surface area contributed by atoms with E-state index >= 15 is 0 Å². The number of benzene rings is 1. The molecule has 7 heteroatoms. The van der Waals surface area contributed by atoms with E-state index in [1.807, 2.05) is 6.07 Å². The summed E-state index contributed by atoms with van der Waals surface area (Å²) in [6.45, 7) is 0. The van der Waals surface area contributed by atoms with Crippen LogP contribution in [0, 0.1) is 0 Å². The Hall–Kier alpha value is -0.920. The molecule has 0 aliphatic carbocycles. The highest BCUT2D eigenvalue weighted by Gasteiger charge is 2.24. The first-order chi connectivity index (χ1) is 8.98. The fraction of sp³-hybridized carbons (Fsp3) is 0.417. The van der Waals surface area contributed by atoms with Crippen molar-refractivity contribution in [2.75, 3.05) is 12.4 Å². The molecule has 1 aromatic carbocycles. The third-order valence-corrected chi connectivity index (χ3v) is 4.22. The van der Waals surface area contributed by atoms with E-state index in [2.05, 4.69) is 25.4 Å². The molecule has 0 heterocycles. The van der Waals surface area contributed by atoms with E-state index in [4.69, 9.17) is 0 Å². The summed E-state index contributed by atoms with van der Waals surface area (Å²) >= 11 is 3.18. The minimum Gasteiger partial charge on any atom is -0.468 e. The minimum atomic E-state index is -3.58. The molecule has 1 atom stereocenters. The molecule has 0 radical (unpaired) electrons. The van der Waals surface area contributed by atoms with Crippen LogP contribution in [0.1, 0.15) is 12.0 Å². The molecule has 0 saturated carbocycles. The second-order valence-corrected chi connectivity index (χ2v) is 6.46. The maximum atomic E-state index is 12.0. The summed E-state index contributed by atoms with van der Waals surface area (Å²) in [6, 6.07) is 7.92. The van der Waals surface area contributed by atoms with E-state index in [1.54, 1.807) is 24.3 Å². The summed E-state index contributed by atoms with van der Waals surface area (Å²) in [5, 5.41) is 0.501. The summed E-state index contributed by atoms with van der Waals surface area (Å²) in [6.07, 6.45) is 0.334. The van der Waals surface area contributed by atoms with Crippen molar-refractivity contribution in [3.63, 3.8) is 0 Å². The van der Waals surface area contributed by atoms with E-state index in [1.165, 1.54) is 7.11 Å². The molecule has 0 amide bonds. The number of hydrogen-bond acceptors (Lipinski definition) is 4. The Morgan fingerprint density at radius 1 is 1.37 bits per heavy atom. The van der Waals surface area contributed by atoms with E-state index in [0.29, 0.717) is 17.3 Å². The van der Waals surface area contributed by atoms with Crippen LogP contribution in [0.25, 0.3) is 0 Å². The number of rotatable bonds is 7. The quantitative estimate of drug-likeness (QED) is 0.597. The Labute approximate surface area is 121 Å². The molecule has 106 valence electrons. The largest absolute Gasteiger partial charge is 0.468 e. The summed E-state index contributed by atoms with van der Waals surface area (Å²) < 4.78 is 30.9. The predicted octanol–water partition coefficient (Wildman–Crippen LogP) is 1.43. The number of esters is 1. The molecule has 19 heavy (non-hydrogen) atoms. The molecular weight excluding hydrogens is 334 g/mol. The number of sulfonamides is 1. The van der Waals surface area contributed by atoms with Crippen molar-refractivity contribution in [1.29, 1.82) is 0 Å². The lowest BCUT2D eigenvalue weighted by Gasteiger charge is -2.15. The third kappa shape index (κ3) is 5.71. The zero-order valence-corrected chi connectivity index (χ0v) is 12.9. The van der Waals surface area contributed by atoms with Crippen molar-refractivity contribution in [3.8, 4) is 0 Å². The van der Waals surface area contributed by atoms with Crippen LogP contribution in [0.4, 0.5) is 0 Å². The molecule has 0 unspecified atom stereocenters. The standard InChI is InChI=1S/C12H16BrNO4S/c1-18-12(15)11(7-8-13)14-19(16,17)9-10-5-3-2-4-6-10/h2-6,11,14H,7-9H2,1H3/t11-/m0/s1. The van der Waals surface area contributed by atoms with Gasteiger partial charge < -0.3 is 4.74 Å². The van der Waals surface area contributed by atoms with E-state index in [0.717, 1.165) is 0 Å². The monoisotopic (exact) mass is 349 g/mol. The van der Waals surface area contributed by atoms with Crippen LogP contribution in [0.3, 0.4) is 0 Å². The SMILES string of the molecule is COC(=O)[C@H](CCBr)NS(=O)(=O)Cc1ccccc1. The number of carbonyl (C=O) groups excluding carboxylic acids is 1. The van der Waals surface area contributed by atoms with Crippen molar-refractivity contribution in [1.82, 2.24) is 4.72 Å². The molecule has 0 spiro atoms. The molecule has 5 nitrogen and oxygen atoms in total. The zero-order chi connectivity index (χ0) is 14.3. The average Bonchev–Trinajstić information content (AvgIpc) is 2.37. The number of alkyl halides is 1. The lowest BCUT2D eigenvalue weighted by molar-refractivity contribution is -0.142. The first-order valence-corrected chi connectivity index (χ1v) is 8.43. The maximum Gasteiger partial charge on any atom is 0.323 e. The molecule has 0 aliphatic heterocycles. The van der Waals surface area contributed by atoms with Crippen molar-refractivity contribution in [2.24, 2.45) is 0 Å². The summed E-state index contributed by atoms with van der Waals surface area (Å²) in [5.74, 6) is -0.750. The first-order valence-electron chi connectivity index (χ1n) is 5.66. The van der Waals surface area contributed by atoms with Crippen LogP contribution >= 0.6 is 15.9 Å². The highest BCUT2D eigenvalue weighted by molar-refractivity contribution is 9.09. The highest BCUT2D eigenvalue weighted by Crippen LogP contribution is 2.07. The number of halogens is 1. The molecule has 0 fully saturated rings. The Morgan fingerprint density at radius 2 is 2.00 bits per heavy atom. The van der Waals surface area contributed by atoms with E-state index in [9.17, 15) is 13.2 Å². The number of hydrogen-bond donors (Lipinski definition) is 1. The molecule has 0 aromatic heterocycles. The van der Waals surface area contributed by atoms with Crippen LogP contribution in [-0.4, -0.2) is 32.9 Å². The van der Waals surface area contributed by atoms with Crippen LogP contribution < -0.4 is 4.72 Å². The van der Waals surface area contributed by atoms with Gasteiger partial charge in [0.1, 0.15) is 6.04 Å². The lowest BCUT2D eigenvalue weighted by atomic mass is 10.2. The predicted molar refractivity (Wildman–Crippen MR) is 76.4 cm³/mol. The van der Waals surface area contributed by atoms with Gasteiger partial charge in [0.15, 0.2) is 0 Å². The second kappa shape index (κ2) is 7.62. The normalized spacial score (nSPS) is 12.9.